The summed E-state index contributed by atoms with van der Waals surface area (Å²) in [7, 11) is -1.23. The lowest BCUT2D eigenvalue weighted by molar-refractivity contribution is -0.137. The minimum Gasteiger partial charge on any atom is -0.377 e. The summed E-state index contributed by atoms with van der Waals surface area (Å²) in [5.41, 5.74) is 3.76. The van der Waals surface area contributed by atoms with Crippen LogP contribution in [0, 0.1) is 0 Å². The van der Waals surface area contributed by atoms with Crippen LogP contribution in [0.25, 0.3) is 0 Å². The van der Waals surface area contributed by atoms with Crippen LogP contribution in [0.1, 0.15) is 64.5 Å². The number of hydrogen-bond acceptors (Lipinski definition) is 10. The predicted octanol–water partition coefficient (Wildman–Crippen LogP) is 6.65. The summed E-state index contributed by atoms with van der Waals surface area (Å²) in [4.78, 5) is 14.0. The second-order valence-electron chi connectivity index (χ2n) is 12.4. The van der Waals surface area contributed by atoms with Crippen LogP contribution >= 0.6 is 0 Å². The zero-order chi connectivity index (χ0) is 36.4. The molecule has 0 aliphatic carbocycles. The zero-order valence-corrected chi connectivity index (χ0v) is 30.0. The Morgan fingerprint density at radius 2 is 1.62 bits per heavy atom. The van der Waals surface area contributed by atoms with E-state index in [1.807, 2.05) is 56.3 Å². The molecule has 11 nitrogen and oxygen atoms in total. The number of para-hydroxylation sites is 1. The number of pyridine rings is 1. The number of rotatable bonds is 9. The van der Waals surface area contributed by atoms with Crippen LogP contribution in [0.4, 0.5) is 42.1 Å². The second-order valence-corrected chi connectivity index (χ2v) is 16.7. The van der Waals surface area contributed by atoms with Crippen molar-refractivity contribution in [2.24, 2.45) is 0 Å². The summed E-state index contributed by atoms with van der Waals surface area (Å²) in [5, 5.41) is 4.78. The lowest BCUT2D eigenvalue weighted by Crippen LogP contribution is -2.26. The number of halogens is 3. The van der Waals surface area contributed by atoms with Gasteiger partial charge in [0.1, 0.15) is 17.2 Å². The Labute approximate surface area is 291 Å². The van der Waals surface area contributed by atoms with Crippen LogP contribution in [0.2, 0.25) is 0 Å². The van der Waals surface area contributed by atoms with Crippen LogP contribution in [-0.2, 0) is 39.0 Å². The Hall–Kier alpha value is -4.44. The van der Waals surface area contributed by atoms with E-state index in [0.29, 0.717) is 24.3 Å². The lowest BCUT2D eigenvalue weighted by Gasteiger charge is -2.19. The SMILES string of the molecule is CCc1cccnc1N(C)S(C)(=O)=O.CN(C)c1ccccc1CNc1nc(Nc2ccc3c(c2)C2CCCC3S2(=O)=O)ncc1C(F)(F)F. The van der Waals surface area contributed by atoms with Crippen LogP contribution < -0.4 is 19.8 Å². The number of sulfonamides is 1. The molecule has 2 bridgehead atoms. The average molecular weight is 732 g/mol. The number of sulfone groups is 1. The molecular formula is C34H40F3N7O4S2. The Morgan fingerprint density at radius 3 is 2.28 bits per heavy atom. The summed E-state index contributed by atoms with van der Waals surface area (Å²) < 4.78 is 90.4. The van der Waals surface area contributed by atoms with Crippen molar-refractivity contribution in [3.05, 3.63) is 94.8 Å². The third-order valence-corrected chi connectivity index (χ3v) is 12.6. The minimum absolute atomic E-state index is 0.0184. The second kappa shape index (κ2) is 14.4. The number of aromatic nitrogens is 3. The monoisotopic (exact) mass is 731 g/mol. The zero-order valence-electron chi connectivity index (χ0n) is 28.4. The van der Waals surface area contributed by atoms with E-state index < -0.39 is 42.1 Å². The molecule has 0 amide bonds. The molecule has 6 rings (SSSR count). The van der Waals surface area contributed by atoms with Gasteiger partial charge in [-0.2, -0.15) is 18.2 Å². The molecule has 4 aromatic rings. The molecule has 2 atom stereocenters. The molecule has 2 unspecified atom stereocenters. The summed E-state index contributed by atoms with van der Waals surface area (Å²) in [6, 6.07) is 16.4. The van der Waals surface area contributed by atoms with E-state index in [1.165, 1.54) is 17.6 Å². The van der Waals surface area contributed by atoms with Crippen molar-refractivity contribution in [2.75, 3.05) is 47.2 Å². The van der Waals surface area contributed by atoms with E-state index >= 15 is 0 Å². The molecule has 2 aliphatic rings. The quantitative estimate of drug-likeness (QED) is 0.193. The smallest absolute Gasteiger partial charge is 0.377 e. The molecule has 268 valence electrons. The molecule has 2 N–H and O–H groups in total. The van der Waals surface area contributed by atoms with Gasteiger partial charge in [-0.05, 0) is 65.8 Å². The van der Waals surface area contributed by atoms with Crippen LogP contribution in [0.15, 0.2) is 67.0 Å². The molecule has 0 saturated carbocycles. The molecule has 50 heavy (non-hydrogen) atoms. The van der Waals surface area contributed by atoms with Crippen molar-refractivity contribution in [2.45, 2.75) is 55.8 Å². The first-order valence-electron chi connectivity index (χ1n) is 16.0. The van der Waals surface area contributed by atoms with Crippen molar-refractivity contribution in [3.63, 3.8) is 0 Å². The highest BCUT2D eigenvalue weighted by atomic mass is 32.2. The number of fused-ring (bicyclic) bond motifs is 5. The fourth-order valence-corrected chi connectivity index (χ4v) is 9.23. The van der Waals surface area contributed by atoms with Gasteiger partial charge in [0.15, 0.2) is 9.84 Å². The number of nitrogens with zero attached hydrogens (tertiary/aromatic N) is 5. The molecule has 2 aromatic heterocycles. The number of benzene rings is 2. The largest absolute Gasteiger partial charge is 0.421 e. The lowest BCUT2D eigenvalue weighted by atomic mass is 10.0. The molecule has 1 saturated heterocycles. The third-order valence-electron chi connectivity index (χ3n) is 8.82. The molecule has 1 fully saturated rings. The van der Waals surface area contributed by atoms with Gasteiger partial charge in [-0.25, -0.2) is 26.8 Å². The van der Waals surface area contributed by atoms with Crippen LogP contribution in [0.5, 0.6) is 0 Å². The van der Waals surface area contributed by atoms with Gasteiger partial charge in [0.05, 0.1) is 16.8 Å². The van der Waals surface area contributed by atoms with E-state index in [4.69, 9.17) is 0 Å². The number of nitrogens with one attached hydrogen (secondary N) is 2. The van der Waals surface area contributed by atoms with Gasteiger partial charge in [0.2, 0.25) is 16.0 Å². The van der Waals surface area contributed by atoms with Gasteiger partial charge < -0.3 is 15.5 Å². The van der Waals surface area contributed by atoms with E-state index in [2.05, 4.69) is 25.6 Å². The van der Waals surface area contributed by atoms with Gasteiger partial charge in [0.25, 0.3) is 0 Å². The number of aryl methyl sites for hydroxylation is 1. The van der Waals surface area contributed by atoms with Crippen molar-refractivity contribution in [1.82, 2.24) is 15.0 Å². The molecule has 16 heteroatoms. The first-order valence-corrected chi connectivity index (χ1v) is 19.4. The number of anilines is 5. The third kappa shape index (κ3) is 7.80. The topological polar surface area (TPSA) is 137 Å². The van der Waals surface area contributed by atoms with E-state index in [1.54, 1.807) is 30.5 Å². The summed E-state index contributed by atoms with van der Waals surface area (Å²) in [6.07, 6.45) is 1.68. The predicted molar refractivity (Wildman–Crippen MR) is 190 cm³/mol. The van der Waals surface area contributed by atoms with Gasteiger partial charge >= 0.3 is 6.18 Å². The summed E-state index contributed by atoms with van der Waals surface area (Å²) in [6.45, 7) is 2.10. The molecule has 2 aliphatic heterocycles. The van der Waals surface area contributed by atoms with Crippen LogP contribution in [0.3, 0.4) is 0 Å². The number of alkyl halides is 3. The average Bonchev–Trinajstić information content (AvgIpc) is 3.17. The molecule has 2 aromatic carbocycles. The van der Waals surface area contributed by atoms with Gasteiger partial charge in [-0.3, -0.25) is 4.31 Å². The number of hydrogen-bond donors (Lipinski definition) is 2. The maximum absolute atomic E-state index is 13.7. The first-order chi connectivity index (χ1) is 23.5. The fraction of sp³-hybridized carbons (Fsp3) is 0.382. The van der Waals surface area contributed by atoms with E-state index in [-0.39, 0.29) is 18.3 Å². The Balaban J connectivity index is 0.000000292. The van der Waals surface area contributed by atoms with Crippen molar-refractivity contribution >= 4 is 48.8 Å². The summed E-state index contributed by atoms with van der Waals surface area (Å²) >= 11 is 0. The standard InChI is InChI=1S/C25H26F3N5O2S.C9H14N2O2S/c1-33(2)20-7-4-3-6-15(20)13-29-23-19(25(26,27)28)14-30-24(32-23)31-16-10-11-17-18(12-16)22-9-5-8-21(17)36(22,34)35;1-4-8-6-5-7-10-9(8)11(2)14(3,12)13/h3-4,6-7,10-12,14,21-22H,5,8-9,13H2,1-2H3,(H2,29,30,31,32);5-7H,4H2,1-3H3. The molecule has 0 radical (unpaired) electrons. The van der Waals surface area contributed by atoms with Crippen molar-refractivity contribution in [3.8, 4) is 0 Å². The summed E-state index contributed by atoms with van der Waals surface area (Å²) in [5.74, 6) is 0.154. The highest BCUT2D eigenvalue weighted by molar-refractivity contribution is 7.92. The van der Waals surface area contributed by atoms with Crippen molar-refractivity contribution < 1.29 is 30.0 Å². The highest BCUT2D eigenvalue weighted by Crippen LogP contribution is 2.53. The Kier molecular flexibility index (Phi) is 10.6. The van der Waals surface area contributed by atoms with Crippen molar-refractivity contribution in [1.29, 1.82) is 0 Å². The molecule has 4 heterocycles. The first kappa shape index (κ1) is 36.8. The maximum Gasteiger partial charge on any atom is 0.421 e. The van der Waals surface area contributed by atoms with E-state index in [9.17, 15) is 30.0 Å². The highest BCUT2D eigenvalue weighted by Gasteiger charge is 2.47. The molecular weight excluding hydrogens is 692 g/mol. The normalized spacial score (nSPS) is 17.6. The Morgan fingerprint density at radius 1 is 0.940 bits per heavy atom. The van der Waals surface area contributed by atoms with Gasteiger partial charge in [-0.15, -0.1) is 0 Å². The van der Waals surface area contributed by atoms with Gasteiger partial charge in [-0.1, -0.05) is 43.7 Å². The minimum atomic E-state index is -4.64. The molecule has 0 spiro atoms. The maximum atomic E-state index is 13.7. The fourth-order valence-electron chi connectivity index (χ4n) is 6.24. The van der Waals surface area contributed by atoms with Crippen LogP contribution in [-0.4, -0.2) is 59.2 Å². The Bertz CT molecular complexity index is 2080. The van der Waals surface area contributed by atoms with E-state index in [0.717, 1.165) is 47.0 Å². The van der Waals surface area contributed by atoms with Gasteiger partial charge in [0, 0.05) is 51.5 Å².